The van der Waals surface area contributed by atoms with Crippen molar-refractivity contribution in [3.63, 3.8) is 0 Å². The fraction of sp³-hybridized carbons (Fsp3) is 0.542. The van der Waals surface area contributed by atoms with Gasteiger partial charge in [-0.3, -0.25) is 5.41 Å². The normalized spacial score (nSPS) is 16.4. The second-order valence-electron chi connectivity index (χ2n) is 8.57. The predicted octanol–water partition coefficient (Wildman–Crippen LogP) is 5.47. The summed E-state index contributed by atoms with van der Waals surface area (Å²) in [6.45, 7) is 4.02. The zero-order valence-electron chi connectivity index (χ0n) is 18.5. The lowest BCUT2D eigenvalue weighted by Gasteiger charge is -2.21. The summed E-state index contributed by atoms with van der Waals surface area (Å²) in [6.07, 6.45) is 13.1. The highest BCUT2D eigenvalue weighted by Gasteiger charge is 2.32. The van der Waals surface area contributed by atoms with Gasteiger partial charge in [-0.15, -0.1) is 0 Å². The number of aryl methyl sites for hydroxylation is 1. The molecule has 7 nitrogen and oxygen atoms in total. The minimum atomic E-state index is -0.0974. The molecule has 0 saturated carbocycles. The van der Waals surface area contributed by atoms with E-state index in [0.29, 0.717) is 11.7 Å². The Hall–Kier alpha value is -2.83. The van der Waals surface area contributed by atoms with E-state index in [0.717, 1.165) is 36.9 Å². The molecular formula is C24H34N6O. The molecule has 7 heteroatoms. The van der Waals surface area contributed by atoms with E-state index >= 15 is 0 Å². The van der Waals surface area contributed by atoms with Crippen LogP contribution in [0.1, 0.15) is 76.6 Å². The molecule has 1 atom stereocenters. The monoisotopic (exact) mass is 422 g/mol. The predicted molar refractivity (Wildman–Crippen MR) is 124 cm³/mol. The number of fused-ring (bicyclic) bond motifs is 1. The molecule has 1 unspecified atom stereocenters. The van der Waals surface area contributed by atoms with Crippen molar-refractivity contribution in [1.29, 1.82) is 5.41 Å². The van der Waals surface area contributed by atoms with Crippen LogP contribution in [0.15, 0.2) is 35.0 Å². The first-order chi connectivity index (χ1) is 15.2. The number of guanidine groups is 1. The standard InChI is InChI=1S/C24H34N6O/c1-2-3-4-5-6-7-10-15-29-17-19(18-12-8-9-13-20(18)29)22-27-23(31-28-22)21-14-11-16-30(21)24(25)26/h8-9,12-13,17,21H,2-7,10-11,14-16H2,1H3,(H3,25,26). The Kier molecular flexibility index (Phi) is 6.89. The van der Waals surface area contributed by atoms with Gasteiger partial charge in [-0.05, 0) is 25.3 Å². The Labute approximate surface area is 184 Å². The van der Waals surface area contributed by atoms with Crippen LogP contribution in [0.5, 0.6) is 0 Å². The number of nitrogens with two attached hydrogens (primary N) is 1. The Bertz CT molecular complexity index is 1010. The highest BCUT2D eigenvalue weighted by molar-refractivity contribution is 5.94. The van der Waals surface area contributed by atoms with Crippen LogP contribution in [0.3, 0.4) is 0 Å². The minimum Gasteiger partial charge on any atom is -0.370 e. The number of nitrogens with one attached hydrogen (secondary N) is 1. The van der Waals surface area contributed by atoms with Crippen LogP contribution >= 0.6 is 0 Å². The van der Waals surface area contributed by atoms with E-state index in [4.69, 9.17) is 20.7 Å². The molecule has 3 heterocycles. The maximum Gasteiger partial charge on any atom is 0.249 e. The molecule has 31 heavy (non-hydrogen) atoms. The summed E-state index contributed by atoms with van der Waals surface area (Å²) < 4.78 is 7.95. The fourth-order valence-corrected chi connectivity index (χ4v) is 4.64. The Balaban J connectivity index is 1.49. The Morgan fingerprint density at radius 2 is 1.94 bits per heavy atom. The third kappa shape index (κ3) is 4.75. The molecule has 166 valence electrons. The van der Waals surface area contributed by atoms with Gasteiger partial charge in [0.2, 0.25) is 11.7 Å². The van der Waals surface area contributed by atoms with E-state index in [1.54, 1.807) is 0 Å². The van der Waals surface area contributed by atoms with Crippen molar-refractivity contribution in [2.45, 2.75) is 77.3 Å². The van der Waals surface area contributed by atoms with Gasteiger partial charge >= 0.3 is 0 Å². The molecular weight excluding hydrogens is 388 g/mol. The zero-order chi connectivity index (χ0) is 21.6. The van der Waals surface area contributed by atoms with Crippen LogP contribution in [-0.2, 0) is 6.54 Å². The molecule has 1 aliphatic rings. The van der Waals surface area contributed by atoms with Crippen LogP contribution in [0.25, 0.3) is 22.3 Å². The van der Waals surface area contributed by atoms with Gasteiger partial charge in [0.1, 0.15) is 6.04 Å². The second kappa shape index (κ2) is 9.98. The van der Waals surface area contributed by atoms with Gasteiger partial charge in [-0.2, -0.15) is 4.98 Å². The number of rotatable bonds is 10. The lowest BCUT2D eigenvalue weighted by atomic mass is 10.1. The molecule has 0 bridgehead atoms. The number of hydrogen-bond donors (Lipinski definition) is 2. The van der Waals surface area contributed by atoms with Crippen LogP contribution in [0.2, 0.25) is 0 Å². The summed E-state index contributed by atoms with van der Waals surface area (Å²) in [7, 11) is 0. The number of likely N-dealkylation sites (tertiary alicyclic amines) is 1. The summed E-state index contributed by atoms with van der Waals surface area (Å²) in [6, 6.07) is 8.33. The lowest BCUT2D eigenvalue weighted by Crippen LogP contribution is -2.35. The summed E-state index contributed by atoms with van der Waals surface area (Å²) in [4.78, 5) is 6.55. The van der Waals surface area contributed by atoms with Crippen molar-refractivity contribution in [2.24, 2.45) is 5.73 Å². The smallest absolute Gasteiger partial charge is 0.249 e. The molecule has 1 saturated heterocycles. The van der Waals surface area contributed by atoms with Gasteiger partial charge in [0.15, 0.2) is 5.96 Å². The van der Waals surface area contributed by atoms with Gasteiger partial charge in [0, 0.05) is 35.8 Å². The third-order valence-electron chi connectivity index (χ3n) is 6.32. The molecule has 1 aromatic carbocycles. The van der Waals surface area contributed by atoms with E-state index in [-0.39, 0.29) is 12.0 Å². The van der Waals surface area contributed by atoms with Gasteiger partial charge in [0.25, 0.3) is 0 Å². The average molecular weight is 423 g/mol. The first kappa shape index (κ1) is 21.4. The van der Waals surface area contributed by atoms with Crippen LogP contribution in [0.4, 0.5) is 0 Å². The summed E-state index contributed by atoms with van der Waals surface area (Å²) in [5.74, 6) is 1.22. The molecule has 3 N–H and O–H groups in total. The molecule has 1 fully saturated rings. The topological polar surface area (TPSA) is 97.0 Å². The summed E-state index contributed by atoms with van der Waals surface area (Å²) in [5.41, 5.74) is 7.94. The molecule has 0 spiro atoms. The van der Waals surface area contributed by atoms with Crippen molar-refractivity contribution < 1.29 is 4.52 Å². The van der Waals surface area contributed by atoms with Crippen LogP contribution in [-0.4, -0.2) is 32.1 Å². The number of nitrogens with zero attached hydrogens (tertiary/aromatic N) is 4. The molecule has 1 aliphatic heterocycles. The molecule has 0 radical (unpaired) electrons. The van der Waals surface area contributed by atoms with Crippen molar-refractivity contribution in [3.05, 3.63) is 36.4 Å². The highest BCUT2D eigenvalue weighted by atomic mass is 16.5. The second-order valence-corrected chi connectivity index (χ2v) is 8.57. The lowest BCUT2D eigenvalue weighted by molar-refractivity contribution is 0.283. The molecule has 4 rings (SSSR count). The molecule has 2 aromatic heterocycles. The largest absolute Gasteiger partial charge is 0.370 e. The average Bonchev–Trinajstić information content (AvgIpc) is 3.51. The van der Waals surface area contributed by atoms with E-state index < -0.39 is 0 Å². The maximum atomic E-state index is 7.79. The first-order valence-electron chi connectivity index (χ1n) is 11.7. The third-order valence-corrected chi connectivity index (χ3v) is 6.32. The SMILES string of the molecule is CCCCCCCCCn1cc(-c2noc(C3CCCN3C(=N)N)n2)c2ccccc21. The Morgan fingerprint density at radius 3 is 2.74 bits per heavy atom. The number of benzene rings is 1. The first-order valence-corrected chi connectivity index (χ1v) is 11.7. The van der Waals surface area contributed by atoms with E-state index in [1.807, 2.05) is 4.90 Å². The van der Waals surface area contributed by atoms with Crippen molar-refractivity contribution in [2.75, 3.05) is 6.54 Å². The van der Waals surface area contributed by atoms with Crippen molar-refractivity contribution >= 4 is 16.9 Å². The van der Waals surface area contributed by atoms with Gasteiger partial charge < -0.3 is 19.7 Å². The van der Waals surface area contributed by atoms with E-state index in [1.165, 1.54) is 50.5 Å². The fourth-order valence-electron chi connectivity index (χ4n) is 4.64. The zero-order valence-corrected chi connectivity index (χ0v) is 18.5. The number of aromatic nitrogens is 3. The number of unbranched alkanes of at least 4 members (excludes halogenated alkanes) is 6. The van der Waals surface area contributed by atoms with E-state index in [9.17, 15) is 0 Å². The van der Waals surface area contributed by atoms with Crippen molar-refractivity contribution in [3.8, 4) is 11.4 Å². The minimum absolute atomic E-state index is 0.0635. The van der Waals surface area contributed by atoms with Crippen LogP contribution < -0.4 is 5.73 Å². The van der Waals surface area contributed by atoms with Crippen molar-refractivity contribution in [1.82, 2.24) is 19.6 Å². The molecule has 3 aromatic rings. The number of hydrogen-bond acceptors (Lipinski definition) is 4. The quantitative estimate of drug-likeness (QED) is 0.256. The summed E-state index contributed by atoms with van der Waals surface area (Å²) >= 11 is 0. The van der Waals surface area contributed by atoms with Gasteiger partial charge in [-0.25, -0.2) is 0 Å². The van der Waals surface area contributed by atoms with E-state index in [2.05, 4.69) is 47.1 Å². The van der Waals surface area contributed by atoms with Gasteiger partial charge in [-0.1, -0.05) is 68.8 Å². The summed E-state index contributed by atoms with van der Waals surface area (Å²) in [5, 5.41) is 13.2. The molecule has 0 aliphatic carbocycles. The van der Waals surface area contributed by atoms with Gasteiger partial charge in [0.05, 0.1) is 0 Å². The molecule has 0 amide bonds. The number of para-hydroxylation sites is 1. The van der Waals surface area contributed by atoms with Crippen LogP contribution in [0, 0.1) is 5.41 Å². The maximum absolute atomic E-state index is 7.79. The highest BCUT2D eigenvalue weighted by Crippen LogP contribution is 2.34. The Morgan fingerprint density at radius 1 is 1.16 bits per heavy atom.